The molecule has 2 heterocycles. The molecule has 2 aromatic rings. The fourth-order valence-corrected chi connectivity index (χ4v) is 2.45. The molecule has 1 aromatic carbocycles. The molecule has 0 amide bonds. The summed E-state index contributed by atoms with van der Waals surface area (Å²) in [7, 11) is 0. The zero-order valence-electron chi connectivity index (χ0n) is 12.2. The minimum Gasteiger partial charge on any atom is -0.384 e. The molecular weight excluding hydrogens is 248 g/mol. The van der Waals surface area contributed by atoms with E-state index in [1.54, 1.807) is 0 Å². The first-order valence-electron chi connectivity index (χ1n) is 6.90. The van der Waals surface area contributed by atoms with Gasteiger partial charge in [0.1, 0.15) is 17.5 Å². The van der Waals surface area contributed by atoms with E-state index < -0.39 is 0 Å². The minimum atomic E-state index is -0.100. The highest BCUT2D eigenvalue weighted by Crippen LogP contribution is 2.29. The highest BCUT2D eigenvalue weighted by Gasteiger charge is 2.23. The van der Waals surface area contributed by atoms with Gasteiger partial charge in [0.25, 0.3) is 0 Å². The Labute approximate surface area is 119 Å². The Balaban J connectivity index is 1.95. The molecule has 4 heteroatoms. The Bertz CT molecular complexity index is 618. The molecule has 1 aromatic heterocycles. The zero-order valence-corrected chi connectivity index (χ0v) is 12.2. The molecule has 0 aliphatic carbocycles. The second-order valence-electron chi connectivity index (χ2n) is 6.35. The first-order valence-corrected chi connectivity index (χ1v) is 6.90. The summed E-state index contributed by atoms with van der Waals surface area (Å²) in [5.74, 6) is 2.25. The molecule has 0 unspecified atom stereocenters. The second-order valence-corrected chi connectivity index (χ2v) is 6.35. The normalized spacial score (nSPS) is 14.4. The maximum Gasteiger partial charge on any atom is 0.138 e. The molecule has 0 spiro atoms. The van der Waals surface area contributed by atoms with Crippen LogP contribution in [0.15, 0.2) is 30.3 Å². The highest BCUT2D eigenvalue weighted by atomic mass is 15.2. The average molecular weight is 268 g/mol. The van der Waals surface area contributed by atoms with Gasteiger partial charge in [-0.3, -0.25) is 0 Å². The number of anilines is 2. The summed E-state index contributed by atoms with van der Waals surface area (Å²) >= 11 is 0. The summed E-state index contributed by atoms with van der Waals surface area (Å²) in [6.07, 6.45) is 0. The number of nitrogens with zero attached hydrogens (tertiary/aromatic N) is 3. The number of rotatable bonds is 1. The van der Waals surface area contributed by atoms with Crippen LogP contribution in [0.25, 0.3) is 0 Å². The van der Waals surface area contributed by atoms with E-state index in [2.05, 4.69) is 54.9 Å². The van der Waals surface area contributed by atoms with Gasteiger partial charge in [0, 0.05) is 24.6 Å². The molecule has 2 N–H and O–H groups in total. The molecule has 4 nitrogen and oxygen atoms in total. The molecule has 0 radical (unpaired) electrons. The lowest BCUT2D eigenvalue weighted by Gasteiger charge is -2.22. The smallest absolute Gasteiger partial charge is 0.138 e. The fraction of sp³-hybridized carbons (Fsp3) is 0.375. The fourth-order valence-electron chi connectivity index (χ4n) is 2.45. The largest absolute Gasteiger partial charge is 0.384 e. The number of fused-ring (bicyclic) bond motifs is 1. The van der Waals surface area contributed by atoms with Gasteiger partial charge < -0.3 is 10.6 Å². The van der Waals surface area contributed by atoms with Gasteiger partial charge in [0.15, 0.2) is 0 Å². The number of nitrogen functional groups attached to an aromatic ring is 1. The quantitative estimate of drug-likeness (QED) is 0.864. The van der Waals surface area contributed by atoms with Crippen LogP contribution < -0.4 is 10.6 Å². The topological polar surface area (TPSA) is 55.0 Å². The van der Waals surface area contributed by atoms with Gasteiger partial charge in [0.2, 0.25) is 0 Å². The van der Waals surface area contributed by atoms with Gasteiger partial charge in [0.05, 0.1) is 0 Å². The van der Waals surface area contributed by atoms with Crippen molar-refractivity contribution in [2.45, 2.75) is 39.3 Å². The van der Waals surface area contributed by atoms with Crippen LogP contribution in [-0.2, 0) is 18.5 Å². The van der Waals surface area contributed by atoms with Crippen molar-refractivity contribution in [2.75, 3.05) is 10.6 Å². The molecule has 20 heavy (non-hydrogen) atoms. The standard InChI is InChI=1S/C16H20N4/c1-16(2,3)15-18-13(17)8-14(19-15)20-9-11-6-4-5-7-12(11)10-20/h4-8H,9-10H2,1-3H3,(H2,17,18,19). The van der Waals surface area contributed by atoms with Crippen LogP contribution in [-0.4, -0.2) is 9.97 Å². The van der Waals surface area contributed by atoms with Crippen molar-refractivity contribution in [2.24, 2.45) is 0 Å². The summed E-state index contributed by atoms with van der Waals surface area (Å²) in [5.41, 5.74) is 8.58. The Morgan fingerprint density at radius 3 is 2.20 bits per heavy atom. The lowest BCUT2D eigenvalue weighted by Crippen LogP contribution is -2.22. The van der Waals surface area contributed by atoms with Crippen LogP contribution in [0, 0.1) is 0 Å². The maximum atomic E-state index is 5.95. The van der Waals surface area contributed by atoms with E-state index in [1.165, 1.54) is 11.1 Å². The van der Waals surface area contributed by atoms with Crippen molar-refractivity contribution < 1.29 is 0 Å². The van der Waals surface area contributed by atoms with Gasteiger partial charge in [-0.25, -0.2) is 9.97 Å². The number of benzene rings is 1. The van der Waals surface area contributed by atoms with Gasteiger partial charge in [-0.1, -0.05) is 45.0 Å². The van der Waals surface area contributed by atoms with Crippen molar-refractivity contribution in [1.82, 2.24) is 9.97 Å². The lowest BCUT2D eigenvalue weighted by atomic mass is 9.96. The second kappa shape index (κ2) is 4.47. The van der Waals surface area contributed by atoms with E-state index in [4.69, 9.17) is 10.7 Å². The van der Waals surface area contributed by atoms with E-state index >= 15 is 0 Å². The Morgan fingerprint density at radius 2 is 1.65 bits per heavy atom. The first kappa shape index (κ1) is 12.9. The molecule has 104 valence electrons. The molecule has 0 saturated carbocycles. The third kappa shape index (κ3) is 2.33. The van der Waals surface area contributed by atoms with Crippen LogP contribution in [0.1, 0.15) is 37.7 Å². The monoisotopic (exact) mass is 268 g/mol. The summed E-state index contributed by atoms with van der Waals surface area (Å²) in [5, 5.41) is 0. The van der Waals surface area contributed by atoms with Crippen molar-refractivity contribution in [1.29, 1.82) is 0 Å². The van der Waals surface area contributed by atoms with E-state index in [0.29, 0.717) is 5.82 Å². The van der Waals surface area contributed by atoms with Crippen LogP contribution in [0.5, 0.6) is 0 Å². The molecule has 0 atom stereocenters. The predicted molar refractivity (Wildman–Crippen MR) is 81.5 cm³/mol. The molecule has 1 aliphatic heterocycles. The van der Waals surface area contributed by atoms with Crippen molar-refractivity contribution >= 4 is 11.6 Å². The number of nitrogens with two attached hydrogens (primary N) is 1. The number of hydrogen-bond donors (Lipinski definition) is 1. The Morgan fingerprint density at radius 1 is 1.05 bits per heavy atom. The summed E-state index contributed by atoms with van der Waals surface area (Å²) in [6.45, 7) is 8.07. The SMILES string of the molecule is CC(C)(C)c1nc(N)cc(N2Cc3ccccc3C2)n1. The number of aromatic nitrogens is 2. The predicted octanol–water partition coefficient (Wildman–Crippen LogP) is 2.88. The molecule has 1 aliphatic rings. The minimum absolute atomic E-state index is 0.100. The van der Waals surface area contributed by atoms with Gasteiger partial charge in [-0.15, -0.1) is 0 Å². The summed E-state index contributed by atoms with van der Waals surface area (Å²) in [4.78, 5) is 11.3. The number of hydrogen-bond acceptors (Lipinski definition) is 4. The van der Waals surface area contributed by atoms with Gasteiger partial charge in [-0.2, -0.15) is 0 Å². The third-order valence-electron chi connectivity index (χ3n) is 3.57. The zero-order chi connectivity index (χ0) is 14.3. The van der Waals surface area contributed by atoms with Crippen molar-refractivity contribution in [3.63, 3.8) is 0 Å². The third-order valence-corrected chi connectivity index (χ3v) is 3.57. The highest BCUT2D eigenvalue weighted by molar-refractivity contribution is 5.51. The first-order chi connectivity index (χ1) is 9.43. The summed E-state index contributed by atoms with van der Waals surface area (Å²) in [6, 6.07) is 10.4. The van der Waals surface area contributed by atoms with Gasteiger partial charge in [-0.05, 0) is 11.1 Å². The van der Waals surface area contributed by atoms with E-state index in [1.807, 2.05) is 6.07 Å². The van der Waals surface area contributed by atoms with E-state index in [0.717, 1.165) is 24.7 Å². The molecule has 0 saturated heterocycles. The summed E-state index contributed by atoms with van der Waals surface area (Å²) < 4.78 is 0. The van der Waals surface area contributed by atoms with Crippen LogP contribution in [0.3, 0.4) is 0 Å². The van der Waals surface area contributed by atoms with Crippen LogP contribution >= 0.6 is 0 Å². The van der Waals surface area contributed by atoms with Crippen LogP contribution in [0.2, 0.25) is 0 Å². The maximum absolute atomic E-state index is 5.95. The lowest BCUT2D eigenvalue weighted by molar-refractivity contribution is 0.545. The van der Waals surface area contributed by atoms with E-state index in [-0.39, 0.29) is 5.41 Å². The molecule has 0 fully saturated rings. The van der Waals surface area contributed by atoms with E-state index in [9.17, 15) is 0 Å². The Hall–Kier alpha value is -2.10. The molecule has 0 bridgehead atoms. The van der Waals surface area contributed by atoms with Gasteiger partial charge >= 0.3 is 0 Å². The van der Waals surface area contributed by atoms with Crippen LogP contribution in [0.4, 0.5) is 11.6 Å². The average Bonchev–Trinajstić information content (AvgIpc) is 2.80. The Kier molecular flexibility index (Phi) is 2.89. The molecule has 3 rings (SSSR count). The van der Waals surface area contributed by atoms with Crippen molar-refractivity contribution in [3.05, 3.63) is 47.3 Å². The molecular formula is C16H20N4. The van der Waals surface area contributed by atoms with Crippen molar-refractivity contribution in [3.8, 4) is 0 Å².